The van der Waals surface area contributed by atoms with Gasteiger partial charge in [0, 0.05) is 24.5 Å². The van der Waals surface area contributed by atoms with Crippen LogP contribution in [-0.4, -0.2) is 33.3 Å². The zero-order valence-electron chi connectivity index (χ0n) is 13.0. The summed E-state index contributed by atoms with van der Waals surface area (Å²) in [4.78, 5) is 43.1. The van der Waals surface area contributed by atoms with Gasteiger partial charge in [0.05, 0.1) is 17.2 Å². The lowest BCUT2D eigenvalue weighted by molar-refractivity contribution is -0.141. The number of nitrogens with zero attached hydrogens (tertiary/aromatic N) is 2. The summed E-state index contributed by atoms with van der Waals surface area (Å²) in [6.07, 6.45) is 2.68. The number of rotatable bonds is 4. The first kappa shape index (κ1) is 20.5. The van der Waals surface area contributed by atoms with Gasteiger partial charge in [-0.15, -0.1) is 0 Å². The number of aliphatic carboxylic acids is 1. The number of carboxylic acid groups (broad SMARTS) is 1. The Morgan fingerprint density at radius 2 is 1.40 bits per heavy atom. The molecule has 0 radical (unpaired) electrons. The van der Waals surface area contributed by atoms with E-state index in [0.717, 1.165) is 4.57 Å². The number of aromatic nitrogens is 2. The van der Waals surface area contributed by atoms with Gasteiger partial charge < -0.3 is 19.0 Å². The second-order valence-electron chi connectivity index (χ2n) is 4.60. The number of pyridine rings is 2. The van der Waals surface area contributed by atoms with Crippen molar-refractivity contribution in [3.8, 4) is 0 Å². The molecule has 0 aliphatic carbocycles. The third kappa shape index (κ3) is 7.23. The van der Waals surface area contributed by atoms with Crippen LogP contribution < -0.4 is 11.1 Å². The summed E-state index contributed by atoms with van der Waals surface area (Å²) in [6, 6.07) is 5.41. The van der Waals surface area contributed by atoms with Crippen LogP contribution in [0.15, 0.2) is 46.2 Å². The predicted molar refractivity (Wildman–Crippen MR) is 91.1 cm³/mol. The summed E-state index contributed by atoms with van der Waals surface area (Å²) in [5.74, 6) is -1.55. The largest absolute Gasteiger partial charge is 0.480 e. The zero-order valence-corrected chi connectivity index (χ0v) is 14.5. The Kier molecular flexibility index (Phi) is 7.90. The van der Waals surface area contributed by atoms with Crippen molar-refractivity contribution in [3.05, 3.63) is 67.4 Å². The van der Waals surface area contributed by atoms with Crippen molar-refractivity contribution in [2.75, 3.05) is 7.11 Å². The van der Waals surface area contributed by atoms with Crippen molar-refractivity contribution in [2.24, 2.45) is 0 Å². The molecule has 0 saturated carbocycles. The minimum absolute atomic E-state index is 0.115. The Hall–Kier alpha value is -2.58. The molecular formula is C15H14Cl2N2O6. The fourth-order valence-electron chi connectivity index (χ4n) is 1.60. The minimum atomic E-state index is -1.07. The highest BCUT2D eigenvalue weighted by Gasteiger charge is 2.03. The molecule has 0 unspecified atom stereocenters. The number of esters is 1. The van der Waals surface area contributed by atoms with E-state index in [1.54, 1.807) is 0 Å². The van der Waals surface area contributed by atoms with Crippen molar-refractivity contribution in [3.63, 3.8) is 0 Å². The van der Waals surface area contributed by atoms with E-state index in [4.69, 9.17) is 28.3 Å². The third-order valence-electron chi connectivity index (χ3n) is 2.73. The lowest BCUT2D eigenvalue weighted by Crippen LogP contribution is -2.23. The first-order chi connectivity index (χ1) is 11.7. The van der Waals surface area contributed by atoms with Crippen molar-refractivity contribution in [2.45, 2.75) is 13.1 Å². The maximum atomic E-state index is 11.1. The SMILES string of the molecule is COC(=O)Cn1cc(Cl)ccc1=O.O=C(O)Cn1cc(Cl)ccc1=O. The minimum Gasteiger partial charge on any atom is -0.480 e. The summed E-state index contributed by atoms with van der Waals surface area (Å²) >= 11 is 11.2. The van der Waals surface area contributed by atoms with E-state index in [-0.39, 0.29) is 24.2 Å². The molecule has 0 fully saturated rings. The van der Waals surface area contributed by atoms with Crippen molar-refractivity contribution < 1.29 is 19.4 Å². The van der Waals surface area contributed by atoms with Crippen LogP contribution in [0, 0.1) is 0 Å². The van der Waals surface area contributed by atoms with Gasteiger partial charge in [0.25, 0.3) is 11.1 Å². The summed E-state index contributed by atoms with van der Waals surface area (Å²) < 4.78 is 6.63. The molecule has 0 aliphatic rings. The van der Waals surface area contributed by atoms with Gasteiger partial charge in [-0.25, -0.2) is 0 Å². The average molecular weight is 389 g/mol. The lowest BCUT2D eigenvalue weighted by Gasteiger charge is -2.03. The standard InChI is InChI=1S/C8H8ClNO3.C7H6ClNO3/c1-13-8(12)5-10-4-6(9)2-3-7(10)11;8-5-1-2-6(10)9(3-5)4-7(11)12/h2-4H,5H2,1H3;1-3H,4H2,(H,11,12). The van der Waals surface area contributed by atoms with Crippen LogP contribution in [0.25, 0.3) is 0 Å². The molecule has 25 heavy (non-hydrogen) atoms. The molecule has 10 heteroatoms. The first-order valence-electron chi connectivity index (χ1n) is 6.73. The molecule has 0 bridgehead atoms. The summed E-state index contributed by atoms with van der Waals surface area (Å²) in [6.45, 7) is -0.477. The molecule has 2 heterocycles. The van der Waals surface area contributed by atoms with Gasteiger partial charge in [0.2, 0.25) is 0 Å². The summed E-state index contributed by atoms with van der Waals surface area (Å²) in [5.41, 5.74) is -0.656. The Bertz CT molecular complexity index is 875. The van der Waals surface area contributed by atoms with Gasteiger partial charge in [-0.1, -0.05) is 23.2 Å². The van der Waals surface area contributed by atoms with Gasteiger partial charge >= 0.3 is 11.9 Å². The number of hydrogen-bond acceptors (Lipinski definition) is 5. The number of carboxylic acids is 1. The number of methoxy groups -OCH3 is 1. The zero-order chi connectivity index (χ0) is 19.0. The van der Waals surface area contributed by atoms with Gasteiger partial charge in [-0.3, -0.25) is 19.2 Å². The van der Waals surface area contributed by atoms with Crippen molar-refractivity contribution in [1.29, 1.82) is 0 Å². The van der Waals surface area contributed by atoms with Gasteiger partial charge in [-0.2, -0.15) is 0 Å². The molecule has 0 aliphatic heterocycles. The predicted octanol–water partition coefficient (Wildman–Crippen LogP) is 1.26. The van der Waals surface area contributed by atoms with Crippen molar-refractivity contribution >= 4 is 35.1 Å². The van der Waals surface area contributed by atoms with E-state index in [1.807, 2.05) is 0 Å². The van der Waals surface area contributed by atoms with Gasteiger partial charge in [0.1, 0.15) is 13.1 Å². The van der Waals surface area contributed by atoms with Crippen LogP contribution in [0.4, 0.5) is 0 Å². The second kappa shape index (κ2) is 9.65. The van der Waals surface area contributed by atoms with E-state index >= 15 is 0 Å². The smallest absolute Gasteiger partial charge is 0.325 e. The topological polar surface area (TPSA) is 108 Å². The highest BCUT2D eigenvalue weighted by molar-refractivity contribution is 6.30. The van der Waals surface area contributed by atoms with E-state index in [9.17, 15) is 19.2 Å². The van der Waals surface area contributed by atoms with Gasteiger partial charge in [0.15, 0.2) is 0 Å². The molecule has 0 atom stereocenters. The first-order valence-corrected chi connectivity index (χ1v) is 7.49. The highest BCUT2D eigenvalue weighted by atomic mass is 35.5. The number of ether oxygens (including phenoxy) is 1. The third-order valence-corrected chi connectivity index (χ3v) is 3.17. The number of halogens is 2. The molecule has 8 nitrogen and oxygen atoms in total. The Balaban J connectivity index is 0.000000251. The number of carbonyl (C=O) groups is 2. The van der Waals surface area contributed by atoms with E-state index in [1.165, 1.54) is 48.3 Å². The van der Waals surface area contributed by atoms with E-state index in [2.05, 4.69) is 4.74 Å². The molecule has 134 valence electrons. The summed E-state index contributed by atoms with van der Waals surface area (Å²) in [7, 11) is 1.26. The Morgan fingerprint density at radius 1 is 0.960 bits per heavy atom. The lowest BCUT2D eigenvalue weighted by atomic mass is 10.4. The van der Waals surface area contributed by atoms with Crippen LogP contribution >= 0.6 is 23.2 Å². The molecule has 0 amide bonds. The molecule has 0 spiro atoms. The molecule has 0 saturated heterocycles. The van der Waals surface area contributed by atoms with Crippen LogP contribution in [0.1, 0.15) is 0 Å². The van der Waals surface area contributed by atoms with Crippen LogP contribution in [0.3, 0.4) is 0 Å². The molecule has 1 N–H and O–H groups in total. The Labute approximate surface area is 151 Å². The monoisotopic (exact) mass is 388 g/mol. The van der Waals surface area contributed by atoms with Crippen LogP contribution in [-0.2, 0) is 27.4 Å². The average Bonchev–Trinajstić information content (AvgIpc) is 2.54. The molecular weight excluding hydrogens is 375 g/mol. The molecule has 2 aromatic rings. The van der Waals surface area contributed by atoms with Crippen molar-refractivity contribution in [1.82, 2.24) is 9.13 Å². The fraction of sp³-hybridized carbons (Fsp3) is 0.200. The van der Waals surface area contributed by atoms with Gasteiger partial charge in [-0.05, 0) is 12.1 Å². The Morgan fingerprint density at radius 3 is 1.80 bits per heavy atom. The molecule has 2 rings (SSSR count). The highest BCUT2D eigenvalue weighted by Crippen LogP contribution is 2.03. The van der Waals surface area contributed by atoms with Crippen LogP contribution in [0.2, 0.25) is 10.0 Å². The summed E-state index contributed by atoms with van der Waals surface area (Å²) in [5, 5.41) is 9.13. The molecule has 0 aromatic carbocycles. The maximum absolute atomic E-state index is 11.1. The quantitative estimate of drug-likeness (QED) is 0.789. The molecule has 2 aromatic heterocycles. The number of hydrogen-bond donors (Lipinski definition) is 1. The van der Waals surface area contributed by atoms with Crippen LogP contribution in [0.5, 0.6) is 0 Å². The van der Waals surface area contributed by atoms with E-state index < -0.39 is 11.9 Å². The fourth-order valence-corrected chi connectivity index (χ4v) is 1.96. The number of carbonyl (C=O) groups excluding carboxylic acids is 1. The normalized spacial score (nSPS) is 9.72. The van der Waals surface area contributed by atoms with E-state index in [0.29, 0.717) is 10.0 Å². The maximum Gasteiger partial charge on any atom is 0.325 e. The second-order valence-corrected chi connectivity index (χ2v) is 5.47.